The van der Waals surface area contributed by atoms with Gasteiger partial charge in [0.05, 0.1) is 5.69 Å². The van der Waals surface area contributed by atoms with Gasteiger partial charge in [-0.25, -0.2) is 5.10 Å². The highest BCUT2D eigenvalue weighted by atomic mass is 79.9. The van der Waals surface area contributed by atoms with E-state index in [1.807, 2.05) is 13.8 Å². The molecular weight excluding hydrogens is 324 g/mol. The van der Waals surface area contributed by atoms with Crippen molar-refractivity contribution >= 4 is 21.8 Å². The number of carbonyl (C=O) groups excluding carboxylic acids is 1. The van der Waals surface area contributed by atoms with Crippen molar-refractivity contribution in [2.75, 3.05) is 0 Å². The Bertz CT molecular complexity index is 718. The molecule has 20 heavy (non-hydrogen) atoms. The van der Waals surface area contributed by atoms with Crippen LogP contribution in [0.1, 0.15) is 27.3 Å². The molecule has 2 heterocycles. The molecule has 6 nitrogen and oxygen atoms in total. The Morgan fingerprint density at radius 3 is 2.80 bits per heavy atom. The minimum Gasteiger partial charge on any atom is -0.346 e. The van der Waals surface area contributed by atoms with Crippen LogP contribution in [0.15, 0.2) is 21.5 Å². The lowest BCUT2D eigenvalue weighted by molar-refractivity contribution is 0.0942. The number of nitrogens with one attached hydrogen (secondary N) is 2. The fraction of sp³-hybridized carbons (Fsp3) is 0.308. The number of nitrogens with zero attached hydrogens (tertiary/aromatic N) is 2. The van der Waals surface area contributed by atoms with E-state index in [1.165, 1.54) is 0 Å². The van der Waals surface area contributed by atoms with Gasteiger partial charge in [-0.05, 0) is 41.4 Å². The van der Waals surface area contributed by atoms with Crippen molar-refractivity contribution in [3.05, 3.63) is 49.6 Å². The van der Waals surface area contributed by atoms with Gasteiger partial charge >= 0.3 is 0 Å². The van der Waals surface area contributed by atoms with E-state index in [9.17, 15) is 9.59 Å². The van der Waals surface area contributed by atoms with E-state index < -0.39 is 0 Å². The molecule has 2 aromatic heterocycles. The summed E-state index contributed by atoms with van der Waals surface area (Å²) in [5, 5.41) is 9.05. The number of hydrogen-bond acceptors (Lipinski definition) is 3. The molecule has 2 rings (SSSR count). The highest BCUT2D eigenvalue weighted by Gasteiger charge is 2.13. The predicted molar refractivity (Wildman–Crippen MR) is 78.6 cm³/mol. The highest BCUT2D eigenvalue weighted by Crippen LogP contribution is 2.13. The van der Waals surface area contributed by atoms with E-state index in [-0.39, 0.29) is 18.0 Å². The second-order valence-corrected chi connectivity index (χ2v) is 5.49. The summed E-state index contributed by atoms with van der Waals surface area (Å²) in [5.41, 5.74) is 2.31. The number of carbonyl (C=O) groups is 1. The van der Waals surface area contributed by atoms with Crippen LogP contribution in [0.5, 0.6) is 0 Å². The quantitative estimate of drug-likeness (QED) is 0.888. The minimum atomic E-state index is -0.276. The summed E-state index contributed by atoms with van der Waals surface area (Å²) in [6.45, 7) is 3.80. The summed E-state index contributed by atoms with van der Waals surface area (Å²) >= 11 is 3.32. The van der Waals surface area contributed by atoms with Crippen molar-refractivity contribution in [3.8, 4) is 0 Å². The monoisotopic (exact) mass is 338 g/mol. The van der Waals surface area contributed by atoms with Crippen molar-refractivity contribution in [1.29, 1.82) is 0 Å². The molecule has 1 amide bonds. The van der Waals surface area contributed by atoms with Gasteiger partial charge in [0.25, 0.3) is 11.5 Å². The number of halogens is 1. The molecule has 0 spiro atoms. The van der Waals surface area contributed by atoms with Crippen LogP contribution in [0.4, 0.5) is 0 Å². The van der Waals surface area contributed by atoms with Crippen LogP contribution in [0.25, 0.3) is 0 Å². The lowest BCUT2D eigenvalue weighted by Gasteiger charge is -2.08. The first-order valence-electron chi connectivity index (χ1n) is 6.05. The zero-order chi connectivity index (χ0) is 14.9. The van der Waals surface area contributed by atoms with Gasteiger partial charge in [-0.3, -0.25) is 9.59 Å². The number of rotatable bonds is 3. The summed E-state index contributed by atoms with van der Waals surface area (Å²) in [6, 6.07) is 1.73. The van der Waals surface area contributed by atoms with Crippen LogP contribution < -0.4 is 10.9 Å². The number of amides is 1. The van der Waals surface area contributed by atoms with Gasteiger partial charge in [-0.15, -0.1) is 0 Å². The third-order valence-electron chi connectivity index (χ3n) is 3.22. The fourth-order valence-corrected chi connectivity index (χ4v) is 2.42. The summed E-state index contributed by atoms with van der Waals surface area (Å²) in [7, 11) is 1.79. The van der Waals surface area contributed by atoms with Gasteiger partial charge in [0.1, 0.15) is 5.69 Å². The normalized spacial score (nSPS) is 10.6. The first-order valence-corrected chi connectivity index (χ1v) is 6.84. The minimum absolute atomic E-state index is 0.173. The van der Waals surface area contributed by atoms with Gasteiger partial charge in [0.15, 0.2) is 0 Å². The van der Waals surface area contributed by atoms with Crippen LogP contribution in [0.2, 0.25) is 0 Å². The maximum absolute atomic E-state index is 12.1. The van der Waals surface area contributed by atoms with Crippen LogP contribution in [0, 0.1) is 13.8 Å². The van der Waals surface area contributed by atoms with Crippen molar-refractivity contribution in [1.82, 2.24) is 20.1 Å². The Morgan fingerprint density at radius 2 is 2.20 bits per heavy atom. The second kappa shape index (κ2) is 5.62. The van der Waals surface area contributed by atoms with Crippen LogP contribution in [-0.4, -0.2) is 20.7 Å². The first-order chi connectivity index (χ1) is 9.40. The number of H-pyrrole nitrogens is 1. The average Bonchev–Trinajstić information content (AvgIpc) is 2.73. The van der Waals surface area contributed by atoms with Gasteiger partial charge in [-0.1, -0.05) is 0 Å². The van der Waals surface area contributed by atoms with E-state index in [0.717, 1.165) is 15.7 Å². The van der Waals surface area contributed by atoms with Crippen molar-refractivity contribution in [3.63, 3.8) is 0 Å². The Labute approximate surface area is 124 Å². The maximum Gasteiger partial charge on any atom is 0.269 e. The molecule has 0 aliphatic rings. The third-order valence-corrected chi connectivity index (χ3v) is 3.66. The summed E-state index contributed by atoms with van der Waals surface area (Å²) < 4.78 is 2.55. The molecule has 0 saturated carbocycles. The molecule has 0 aliphatic carbocycles. The van der Waals surface area contributed by atoms with Crippen LogP contribution in [-0.2, 0) is 13.6 Å². The molecule has 0 bridgehead atoms. The molecule has 0 aliphatic heterocycles. The number of aromatic nitrogens is 3. The van der Waals surface area contributed by atoms with Crippen molar-refractivity contribution in [2.24, 2.45) is 7.05 Å². The summed E-state index contributed by atoms with van der Waals surface area (Å²) in [5.74, 6) is -0.230. The van der Waals surface area contributed by atoms with Gasteiger partial charge in [0, 0.05) is 29.8 Å². The van der Waals surface area contributed by atoms with E-state index in [2.05, 4.69) is 31.4 Å². The van der Waals surface area contributed by atoms with Gasteiger partial charge in [0.2, 0.25) is 0 Å². The Hall–Kier alpha value is -1.89. The van der Waals surface area contributed by atoms with E-state index in [1.54, 1.807) is 23.9 Å². The molecule has 106 valence electrons. The van der Waals surface area contributed by atoms with Gasteiger partial charge in [-0.2, -0.15) is 5.10 Å². The molecule has 2 aromatic rings. The molecule has 0 fully saturated rings. The smallest absolute Gasteiger partial charge is 0.269 e. The van der Waals surface area contributed by atoms with Crippen LogP contribution >= 0.6 is 15.9 Å². The maximum atomic E-state index is 12.1. The molecule has 2 N–H and O–H groups in total. The molecule has 7 heteroatoms. The number of aryl methyl sites for hydroxylation is 2. The molecular formula is C13H15BrN4O2. The first kappa shape index (κ1) is 14.5. The zero-order valence-electron chi connectivity index (χ0n) is 11.5. The highest BCUT2D eigenvalue weighted by molar-refractivity contribution is 9.10. The van der Waals surface area contributed by atoms with E-state index >= 15 is 0 Å². The predicted octanol–water partition coefficient (Wildman–Crippen LogP) is 1.42. The zero-order valence-corrected chi connectivity index (χ0v) is 13.0. The standard InChI is InChI=1S/C13H15BrN4O2/c1-7-8(2)16-17-12(19)10(7)5-15-13(20)11-4-9(14)6-18(11)3/h4,6H,5H2,1-3H3,(H,15,20)(H,17,19). The molecule has 0 unspecified atom stereocenters. The number of aromatic amines is 1. The Morgan fingerprint density at radius 1 is 1.50 bits per heavy atom. The van der Waals surface area contributed by atoms with E-state index in [4.69, 9.17) is 0 Å². The summed E-state index contributed by atoms with van der Waals surface area (Å²) in [4.78, 5) is 23.8. The van der Waals surface area contributed by atoms with E-state index in [0.29, 0.717) is 11.3 Å². The molecule has 0 atom stereocenters. The average molecular weight is 339 g/mol. The third kappa shape index (κ3) is 2.82. The van der Waals surface area contributed by atoms with Crippen molar-refractivity contribution in [2.45, 2.75) is 20.4 Å². The lowest BCUT2D eigenvalue weighted by Crippen LogP contribution is -2.29. The summed E-state index contributed by atoms with van der Waals surface area (Å²) in [6.07, 6.45) is 1.80. The SMILES string of the molecule is Cc1n[nH]c(=O)c(CNC(=O)c2cc(Br)cn2C)c1C. The molecule has 0 radical (unpaired) electrons. The van der Waals surface area contributed by atoms with Gasteiger partial charge < -0.3 is 9.88 Å². The Balaban J connectivity index is 2.18. The lowest BCUT2D eigenvalue weighted by atomic mass is 10.1. The topological polar surface area (TPSA) is 79.8 Å². The van der Waals surface area contributed by atoms with Crippen molar-refractivity contribution < 1.29 is 4.79 Å². The Kier molecular flexibility index (Phi) is 4.08. The van der Waals surface area contributed by atoms with Crippen LogP contribution in [0.3, 0.4) is 0 Å². The second-order valence-electron chi connectivity index (χ2n) is 4.58. The molecule has 0 saturated heterocycles. The number of hydrogen-bond donors (Lipinski definition) is 2. The largest absolute Gasteiger partial charge is 0.346 e. The molecule has 0 aromatic carbocycles. The fourth-order valence-electron chi connectivity index (χ4n) is 1.90.